The zero-order chi connectivity index (χ0) is 17.9. The Bertz CT molecular complexity index is 804. The minimum Gasteiger partial charge on any atom is -0.379 e. The number of nitrogens with zero attached hydrogens (tertiary/aromatic N) is 2. The van der Waals surface area contributed by atoms with Gasteiger partial charge in [-0.3, -0.25) is 0 Å². The zero-order valence-electron chi connectivity index (χ0n) is 13.9. The van der Waals surface area contributed by atoms with Crippen molar-refractivity contribution in [1.82, 2.24) is 9.29 Å². The molecule has 1 atom stereocenters. The Balaban J connectivity index is 1.70. The fraction of sp³-hybridized carbons (Fsp3) is 0.353. The highest BCUT2D eigenvalue weighted by molar-refractivity contribution is 7.89. The van der Waals surface area contributed by atoms with E-state index in [9.17, 15) is 12.8 Å². The van der Waals surface area contributed by atoms with E-state index in [1.54, 1.807) is 18.2 Å². The van der Waals surface area contributed by atoms with Crippen molar-refractivity contribution in [2.75, 3.05) is 31.6 Å². The lowest BCUT2D eigenvalue weighted by Crippen LogP contribution is -2.40. The van der Waals surface area contributed by atoms with Crippen molar-refractivity contribution in [3.05, 3.63) is 54.0 Å². The molecule has 25 heavy (non-hydrogen) atoms. The van der Waals surface area contributed by atoms with Crippen LogP contribution in [0.5, 0.6) is 0 Å². The molecule has 1 aromatic carbocycles. The van der Waals surface area contributed by atoms with Gasteiger partial charge in [0.1, 0.15) is 16.5 Å². The van der Waals surface area contributed by atoms with E-state index in [2.05, 4.69) is 10.3 Å². The fourth-order valence-electron chi connectivity index (χ4n) is 2.61. The van der Waals surface area contributed by atoms with Crippen LogP contribution < -0.4 is 5.32 Å². The maximum Gasteiger partial charge on any atom is 0.244 e. The van der Waals surface area contributed by atoms with E-state index in [0.717, 1.165) is 5.56 Å². The van der Waals surface area contributed by atoms with E-state index in [-0.39, 0.29) is 16.8 Å². The minimum atomic E-state index is -3.54. The summed E-state index contributed by atoms with van der Waals surface area (Å²) in [5, 5.41) is 3.17. The first-order valence-corrected chi connectivity index (χ1v) is 9.47. The molecule has 3 rings (SSSR count). The summed E-state index contributed by atoms with van der Waals surface area (Å²) in [6.07, 6.45) is 1.35. The van der Waals surface area contributed by atoms with Crippen LogP contribution in [0.15, 0.2) is 47.5 Å². The molecule has 0 aliphatic carbocycles. The molecule has 2 aromatic rings. The highest BCUT2D eigenvalue weighted by atomic mass is 32.2. The summed E-state index contributed by atoms with van der Waals surface area (Å²) in [6.45, 7) is 3.43. The van der Waals surface area contributed by atoms with Gasteiger partial charge in [-0.05, 0) is 36.8 Å². The van der Waals surface area contributed by atoms with Gasteiger partial charge in [-0.25, -0.2) is 17.8 Å². The molecule has 0 saturated carbocycles. The van der Waals surface area contributed by atoms with E-state index in [1.165, 1.54) is 28.7 Å². The molecule has 134 valence electrons. The van der Waals surface area contributed by atoms with Crippen molar-refractivity contribution in [3.63, 3.8) is 0 Å². The number of benzene rings is 1. The van der Waals surface area contributed by atoms with Crippen molar-refractivity contribution in [2.45, 2.75) is 17.9 Å². The predicted molar refractivity (Wildman–Crippen MR) is 92.3 cm³/mol. The summed E-state index contributed by atoms with van der Waals surface area (Å²) in [7, 11) is -3.54. The van der Waals surface area contributed by atoms with Crippen molar-refractivity contribution < 1.29 is 17.5 Å². The van der Waals surface area contributed by atoms with E-state index in [1.807, 2.05) is 6.92 Å². The van der Waals surface area contributed by atoms with Gasteiger partial charge < -0.3 is 10.1 Å². The van der Waals surface area contributed by atoms with E-state index in [4.69, 9.17) is 4.74 Å². The third-order valence-electron chi connectivity index (χ3n) is 4.08. The topological polar surface area (TPSA) is 71.5 Å². The molecule has 0 bridgehead atoms. The molecular weight excluding hydrogens is 345 g/mol. The fourth-order valence-corrected chi connectivity index (χ4v) is 3.96. The number of aromatic nitrogens is 1. The molecule has 0 unspecified atom stereocenters. The lowest BCUT2D eigenvalue weighted by atomic mass is 10.1. The Kier molecular flexibility index (Phi) is 5.31. The van der Waals surface area contributed by atoms with Crippen LogP contribution in [0.4, 0.5) is 10.2 Å². The van der Waals surface area contributed by atoms with Gasteiger partial charge in [-0.15, -0.1) is 0 Å². The van der Waals surface area contributed by atoms with Gasteiger partial charge in [0, 0.05) is 25.3 Å². The van der Waals surface area contributed by atoms with Gasteiger partial charge in [0.15, 0.2) is 0 Å². The van der Waals surface area contributed by atoms with Gasteiger partial charge in [0.05, 0.1) is 13.2 Å². The Labute approximate surface area is 146 Å². The Morgan fingerprint density at radius 1 is 1.16 bits per heavy atom. The first-order valence-electron chi connectivity index (χ1n) is 8.03. The molecule has 0 amide bonds. The second-order valence-electron chi connectivity index (χ2n) is 5.81. The van der Waals surface area contributed by atoms with Crippen LogP contribution in [0.2, 0.25) is 0 Å². The number of rotatable bonds is 5. The SMILES string of the molecule is C[C@H](Nc1ccc(S(=O)(=O)N2CCOCC2)cn1)c1ccc(F)cc1. The molecule has 8 heteroatoms. The third-order valence-corrected chi connectivity index (χ3v) is 5.96. The summed E-state index contributed by atoms with van der Waals surface area (Å²) in [5.41, 5.74) is 0.910. The minimum absolute atomic E-state index is 0.0881. The van der Waals surface area contributed by atoms with E-state index in [0.29, 0.717) is 32.1 Å². The molecule has 0 radical (unpaired) electrons. The highest BCUT2D eigenvalue weighted by Gasteiger charge is 2.26. The third kappa shape index (κ3) is 4.15. The standard InChI is InChI=1S/C17H20FN3O3S/c1-13(14-2-4-15(18)5-3-14)20-17-7-6-16(12-19-17)25(22,23)21-8-10-24-11-9-21/h2-7,12-13H,8-11H2,1H3,(H,19,20)/t13-/m0/s1. The molecule has 1 fully saturated rings. The van der Waals surface area contributed by atoms with Crippen molar-refractivity contribution in [3.8, 4) is 0 Å². The average molecular weight is 365 g/mol. The molecule has 0 spiro atoms. The lowest BCUT2D eigenvalue weighted by Gasteiger charge is -2.26. The van der Waals surface area contributed by atoms with Crippen LogP contribution in [0.25, 0.3) is 0 Å². The smallest absolute Gasteiger partial charge is 0.244 e. The summed E-state index contributed by atoms with van der Waals surface area (Å²) in [6, 6.07) is 9.28. The molecular formula is C17H20FN3O3S. The number of hydrogen-bond donors (Lipinski definition) is 1. The summed E-state index contributed by atoms with van der Waals surface area (Å²) in [5.74, 6) is 0.268. The van der Waals surface area contributed by atoms with Crippen LogP contribution >= 0.6 is 0 Å². The van der Waals surface area contributed by atoms with Crippen LogP contribution in [-0.2, 0) is 14.8 Å². The number of halogens is 1. The summed E-state index contributed by atoms with van der Waals surface area (Å²) < 4.78 is 44.7. The first kappa shape index (κ1) is 17.8. The maximum atomic E-state index is 13.0. The normalized spacial score (nSPS) is 17.2. The number of morpholine rings is 1. The lowest BCUT2D eigenvalue weighted by molar-refractivity contribution is 0.0730. The van der Waals surface area contributed by atoms with Crippen LogP contribution in [0.1, 0.15) is 18.5 Å². The second kappa shape index (κ2) is 7.47. The summed E-state index contributed by atoms with van der Waals surface area (Å²) in [4.78, 5) is 4.36. The van der Waals surface area contributed by atoms with Crippen LogP contribution in [0, 0.1) is 5.82 Å². The van der Waals surface area contributed by atoms with Crippen molar-refractivity contribution >= 4 is 15.8 Å². The molecule has 2 heterocycles. The molecule has 1 aliphatic rings. The molecule has 1 saturated heterocycles. The van der Waals surface area contributed by atoms with E-state index < -0.39 is 10.0 Å². The van der Waals surface area contributed by atoms with Crippen molar-refractivity contribution in [1.29, 1.82) is 0 Å². The highest BCUT2D eigenvalue weighted by Crippen LogP contribution is 2.21. The Morgan fingerprint density at radius 2 is 1.84 bits per heavy atom. The van der Waals surface area contributed by atoms with E-state index >= 15 is 0 Å². The molecule has 1 aliphatic heterocycles. The van der Waals surface area contributed by atoms with Gasteiger partial charge in [0.2, 0.25) is 10.0 Å². The molecule has 1 aromatic heterocycles. The number of ether oxygens (including phenoxy) is 1. The first-order chi connectivity index (χ1) is 12.0. The Hall–Kier alpha value is -2.03. The maximum absolute atomic E-state index is 13.0. The monoisotopic (exact) mass is 365 g/mol. The largest absolute Gasteiger partial charge is 0.379 e. The van der Waals surface area contributed by atoms with Gasteiger partial charge in [-0.2, -0.15) is 4.31 Å². The molecule has 6 nitrogen and oxygen atoms in total. The Morgan fingerprint density at radius 3 is 2.44 bits per heavy atom. The second-order valence-corrected chi connectivity index (χ2v) is 7.75. The average Bonchev–Trinajstić information content (AvgIpc) is 2.63. The van der Waals surface area contributed by atoms with Gasteiger partial charge in [-0.1, -0.05) is 12.1 Å². The number of hydrogen-bond acceptors (Lipinski definition) is 5. The van der Waals surface area contributed by atoms with Crippen molar-refractivity contribution in [2.24, 2.45) is 0 Å². The van der Waals surface area contributed by atoms with Crippen LogP contribution in [-0.4, -0.2) is 44.0 Å². The number of anilines is 1. The zero-order valence-corrected chi connectivity index (χ0v) is 14.7. The van der Waals surface area contributed by atoms with Gasteiger partial charge >= 0.3 is 0 Å². The quantitative estimate of drug-likeness (QED) is 0.881. The number of sulfonamides is 1. The molecule has 1 N–H and O–H groups in total. The predicted octanol–water partition coefficient (Wildman–Crippen LogP) is 2.41. The van der Waals surface area contributed by atoms with Gasteiger partial charge in [0.25, 0.3) is 0 Å². The number of pyridine rings is 1. The van der Waals surface area contributed by atoms with Crippen LogP contribution in [0.3, 0.4) is 0 Å². The number of nitrogens with one attached hydrogen (secondary N) is 1. The summed E-state index contributed by atoms with van der Waals surface area (Å²) >= 11 is 0.